The molecule has 2 N–H and O–H groups in total. The normalized spacial score (nSPS) is 9.95. The third kappa shape index (κ3) is 4.19. The van der Waals surface area contributed by atoms with E-state index in [1.165, 1.54) is 18.2 Å². The summed E-state index contributed by atoms with van der Waals surface area (Å²) in [6, 6.07) is 12.8. The van der Waals surface area contributed by atoms with Crippen LogP contribution in [0.4, 0.5) is 16.2 Å². The van der Waals surface area contributed by atoms with Crippen LogP contribution < -0.4 is 10.6 Å². The van der Waals surface area contributed by atoms with Crippen molar-refractivity contribution >= 4 is 29.0 Å². The Morgan fingerprint density at radius 3 is 2.57 bits per heavy atom. The summed E-state index contributed by atoms with van der Waals surface area (Å²) in [6.45, 7) is 0.320. The van der Waals surface area contributed by atoms with E-state index in [0.29, 0.717) is 11.6 Å². The van der Waals surface area contributed by atoms with E-state index >= 15 is 0 Å². The first-order valence-corrected chi connectivity index (χ1v) is 6.47. The molecule has 2 aromatic rings. The molecule has 0 aliphatic rings. The van der Waals surface area contributed by atoms with Crippen molar-refractivity contribution < 1.29 is 9.72 Å². The number of halogens is 1. The molecular weight excluding hydrogens is 294 g/mol. The largest absolute Gasteiger partial charge is 0.334 e. The summed E-state index contributed by atoms with van der Waals surface area (Å²) < 4.78 is 0. The molecule has 0 fully saturated rings. The maximum Gasteiger partial charge on any atom is 0.319 e. The molecule has 108 valence electrons. The predicted molar refractivity (Wildman–Crippen MR) is 80.4 cm³/mol. The molecule has 0 saturated heterocycles. The number of nitro benzene ring substituents is 1. The Morgan fingerprint density at radius 1 is 1.19 bits per heavy atom. The lowest BCUT2D eigenvalue weighted by Crippen LogP contribution is -2.28. The van der Waals surface area contributed by atoms with E-state index in [9.17, 15) is 14.9 Å². The van der Waals surface area contributed by atoms with Gasteiger partial charge in [-0.2, -0.15) is 0 Å². The van der Waals surface area contributed by atoms with Gasteiger partial charge in [-0.3, -0.25) is 10.1 Å². The number of amides is 2. The van der Waals surface area contributed by atoms with Gasteiger partial charge in [-0.05, 0) is 17.7 Å². The molecule has 2 rings (SSSR count). The van der Waals surface area contributed by atoms with Crippen LogP contribution in [0.25, 0.3) is 0 Å². The van der Waals surface area contributed by atoms with Gasteiger partial charge in [0.15, 0.2) is 0 Å². The molecule has 0 aliphatic heterocycles. The van der Waals surface area contributed by atoms with Crippen molar-refractivity contribution in [2.75, 3.05) is 5.32 Å². The number of hydrogen-bond donors (Lipinski definition) is 2. The minimum Gasteiger partial charge on any atom is -0.334 e. The monoisotopic (exact) mass is 305 g/mol. The van der Waals surface area contributed by atoms with E-state index in [0.717, 1.165) is 5.56 Å². The zero-order valence-corrected chi connectivity index (χ0v) is 11.6. The average Bonchev–Trinajstić information content (AvgIpc) is 2.46. The molecule has 2 amide bonds. The average molecular weight is 306 g/mol. The van der Waals surface area contributed by atoms with Gasteiger partial charge in [0.05, 0.1) is 4.92 Å². The lowest BCUT2D eigenvalue weighted by molar-refractivity contribution is -0.383. The summed E-state index contributed by atoms with van der Waals surface area (Å²) in [5, 5.41) is 16.2. The van der Waals surface area contributed by atoms with E-state index in [1.54, 1.807) is 0 Å². The van der Waals surface area contributed by atoms with Crippen molar-refractivity contribution in [2.45, 2.75) is 6.54 Å². The Kier molecular flexibility index (Phi) is 4.73. The van der Waals surface area contributed by atoms with Crippen LogP contribution in [0.15, 0.2) is 48.5 Å². The van der Waals surface area contributed by atoms with Gasteiger partial charge in [0.1, 0.15) is 5.69 Å². The molecule has 0 atom stereocenters. The number of rotatable bonds is 4. The third-order valence-corrected chi connectivity index (χ3v) is 2.93. The molecule has 6 nitrogen and oxygen atoms in total. The lowest BCUT2D eigenvalue weighted by atomic mass is 10.2. The van der Waals surface area contributed by atoms with Gasteiger partial charge in [-0.25, -0.2) is 4.79 Å². The molecular formula is C14H12ClN3O3. The maximum absolute atomic E-state index is 11.8. The van der Waals surface area contributed by atoms with Gasteiger partial charge in [0, 0.05) is 17.6 Å². The van der Waals surface area contributed by atoms with Gasteiger partial charge in [0.25, 0.3) is 5.69 Å². The van der Waals surface area contributed by atoms with Crippen LogP contribution in [0, 0.1) is 10.1 Å². The first kappa shape index (κ1) is 14.8. The number of benzene rings is 2. The molecule has 0 bridgehead atoms. The van der Waals surface area contributed by atoms with Crippen LogP contribution in [0.1, 0.15) is 5.56 Å². The number of nitro groups is 1. The zero-order valence-electron chi connectivity index (χ0n) is 10.9. The Morgan fingerprint density at radius 2 is 1.90 bits per heavy atom. The molecule has 2 aromatic carbocycles. The molecule has 7 heteroatoms. The van der Waals surface area contributed by atoms with Crippen molar-refractivity contribution in [2.24, 2.45) is 0 Å². The summed E-state index contributed by atoms with van der Waals surface area (Å²) in [7, 11) is 0. The van der Waals surface area contributed by atoms with Gasteiger partial charge in [-0.1, -0.05) is 41.9 Å². The molecule has 0 saturated carbocycles. The molecule has 0 aromatic heterocycles. The number of hydrogen-bond acceptors (Lipinski definition) is 3. The van der Waals surface area contributed by atoms with Crippen molar-refractivity contribution in [3.63, 3.8) is 0 Å². The Labute approximate surface area is 125 Å². The minimum absolute atomic E-state index is 0.0538. The van der Waals surface area contributed by atoms with Gasteiger partial charge in [-0.15, -0.1) is 0 Å². The SMILES string of the molecule is O=C(NCc1ccccc1)Nc1cc(Cl)ccc1[N+](=O)[O-]. The fraction of sp³-hybridized carbons (Fsp3) is 0.0714. The second-order valence-electron chi connectivity index (χ2n) is 4.21. The van der Waals surface area contributed by atoms with Gasteiger partial charge >= 0.3 is 6.03 Å². The fourth-order valence-corrected chi connectivity index (χ4v) is 1.88. The highest BCUT2D eigenvalue weighted by molar-refractivity contribution is 6.31. The zero-order chi connectivity index (χ0) is 15.2. The van der Waals surface area contributed by atoms with Crippen LogP contribution in [0.5, 0.6) is 0 Å². The molecule has 0 radical (unpaired) electrons. The van der Waals surface area contributed by atoms with Crippen molar-refractivity contribution in [1.82, 2.24) is 5.32 Å². The minimum atomic E-state index is -0.580. The fourth-order valence-electron chi connectivity index (χ4n) is 1.71. The smallest absolute Gasteiger partial charge is 0.319 e. The molecule has 0 unspecified atom stereocenters. The lowest BCUT2D eigenvalue weighted by Gasteiger charge is -2.08. The van der Waals surface area contributed by atoms with E-state index in [4.69, 9.17) is 11.6 Å². The highest BCUT2D eigenvalue weighted by atomic mass is 35.5. The topological polar surface area (TPSA) is 84.3 Å². The van der Waals surface area contributed by atoms with Crippen LogP contribution in [-0.4, -0.2) is 11.0 Å². The van der Waals surface area contributed by atoms with E-state index < -0.39 is 11.0 Å². The van der Waals surface area contributed by atoms with Crippen molar-refractivity contribution in [1.29, 1.82) is 0 Å². The molecule has 0 spiro atoms. The van der Waals surface area contributed by atoms with Crippen molar-refractivity contribution in [3.8, 4) is 0 Å². The quantitative estimate of drug-likeness (QED) is 0.669. The van der Waals surface area contributed by atoms with Crippen LogP contribution in [0.3, 0.4) is 0 Å². The molecule has 0 aliphatic carbocycles. The molecule has 0 heterocycles. The second kappa shape index (κ2) is 6.71. The first-order valence-electron chi connectivity index (χ1n) is 6.09. The number of anilines is 1. The Hall–Kier alpha value is -2.60. The number of urea groups is 1. The predicted octanol–water partition coefficient (Wildman–Crippen LogP) is 3.57. The summed E-state index contributed by atoms with van der Waals surface area (Å²) in [5.41, 5.74) is 0.764. The van der Waals surface area contributed by atoms with Gasteiger partial charge < -0.3 is 10.6 Å². The highest BCUT2D eigenvalue weighted by Gasteiger charge is 2.15. The highest BCUT2D eigenvalue weighted by Crippen LogP contribution is 2.27. The number of carbonyl (C=O) groups is 1. The van der Waals surface area contributed by atoms with E-state index in [-0.39, 0.29) is 11.4 Å². The maximum atomic E-state index is 11.8. The summed E-state index contributed by atoms with van der Waals surface area (Å²) >= 11 is 5.78. The second-order valence-corrected chi connectivity index (χ2v) is 4.65. The summed E-state index contributed by atoms with van der Waals surface area (Å²) in [5.74, 6) is 0. The third-order valence-electron chi connectivity index (χ3n) is 2.70. The standard InChI is InChI=1S/C14H12ClN3O3/c15-11-6-7-13(18(20)21)12(8-11)17-14(19)16-9-10-4-2-1-3-5-10/h1-8H,9H2,(H2,16,17,19). The number of carbonyl (C=O) groups excluding carboxylic acids is 1. The summed E-state index contributed by atoms with van der Waals surface area (Å²) in [4.78, 5) is 22.1. The van der Waals surface area contributed by atoms with E-state index in [1.807, 2.05) is 30.3 Å². The van der Waals surface area contributed by atoms with Crippen LogP contribution in [0.2, 0.25) is 5.02 Å². The van der Waals surface area contributed by atoms with Crippen LogP contribution >= 0.6 is 11.6 Å². The Bertz CT molecular complexity index is 662. The van der Waals surface area contributed by atoms with E-state index in [2.05, 4.69) is 10.6 Å². The molecule has 21 heavy (non-hydrogen) atoms. The Balaban J connectivity index is 2.02. The first-order chi connectivity index (χ1) is 10.1. The number of nitrogens with one attached hydrogen (secondary N) is 2. The summed E-state index contributed by atoms with van der Waals surface area (Å²) in [6.07, 6.45) is 0. The van der Waals surface area contributed by atoms with Gasteiger partial charge in [0.2, 0.25) is 0 Å². The van der Waals surface area contributed by atoms with Crippen LogP contribution in [-0.2, 0) is 6.54 Å². The van der Waals surface area contributed by atoms with Crippen molar-refractivity contribution in [3.05, 3.63) is 69.2 Å². The number of nitrogens with zero attached hydrogens (tertiary/aromatic N) is 1.